The van der Waals surface area contributed by atoms with Crippen LogP contribution in [0.25, 0.3) is 11.1 Å². The third-order valence-corrected chi connectivity index (χ3v) is 8.58. The molecule has 196 valence electrons. The number of sulfonamides is 1. The van der Waals surface area contributed by atoms with Crippen LogP contribution >= 0.6 is 0 Å². The van der Waals surface area contributed by atoms with E-state index in [-0.39, 0.29) is 40.9 Å². The van der Waals surface area contributed by atoms with E-state index in [1.807, 2.05) is 6.07 Å². The fraction of sp³-hybridized carbons (Fsp3) is 0.280. The molecule has 0 spiro atoms. The van der Waals surface area contributed by atoms with Crippen molar-refractivity contribution in [3.8, 4) is 17.2 Å². The van der Waals surface area contributed by atoms with Crippen LogP contribution in [0.15, 0.2) is 59.8 Å². The number of fused-ring (bicyclic) bond motifs is 1. The molecule has 2 heterocycles. The zero-order chi connectivity index (χ0) is 27.2. The van der Waals surface area contributed by atoms with Crippen molar-refractivity contribution in [3.05, 3.63) is 77.6 Å². The number of amides is 1. The predicted molar refractivity (Wildman–Crippen MR) is 125 cm³/mol. The summed E-state index contributed by atoms with van der Waals surface area (Å²) in [4.78, 5) is 19.8. The molecule has 1 aliphatic carbocycles. The highest BCUT2D eigenvalue weighted by atomic mass is 32.2. The van der Waals surface area contributed by atoms with Gasteiger partial charge in [-0.3, -0.25) is 4.79 Å². The molecule has 1 saturated carbocycles. The van der Waals surface area contributed by atoms with E-state index >= 15 is 0 Å². The molecule has 8 nitrogen and oxygen atoms in total. The Morgan fingerprint density at radius 3 is 2.42 bits per heavy atom. The van der Waals surface area contributed by atoms with Gasteiger partial charge < -0.3 is 5.32 Å². The van der Waals surface area contributed by atoms with Gasteiger partial charge >= 0.3 is 6.18 Å². The van der Waals surface area contributed by atoms with E-state index in [1.165, 1.54) is 18.2 Å². The molecule has 0 radical (unpaired) electrons. The molecule has 1 aliphatic heterocycles. The molecule has 2 aliphatic rings. The average Bonchev–Trinajstić information content (AvgIpc) is 3.55. The molecule has 13 heteroatoms. The van der Waals surface area contributed by atoms with E-state index in [0.717, 1.165) is 41.0 Å². The Balaban J connectivity index is 1.35. The number of nitriles is 1. The largest absolute Gasteiger partial charge is 0.451 e. The Kier molecular flexibility index (Phi) is 6.40. The van der Waals surface area contributed by atoms with E-state index in [1.54, 1.807) is 0 Å². The highest BCUT2D eigenvalue weighted by Gasteiger charge is 2.58. The van der Waals surface area contributed by atoms with Crippen molar-refractivity contribution in [1.82, 2.24) is 19.6 Å². The standard InChI is InChI=1S/C25H19F4N5O3S/c26-19-3-5-20(6-4-19)38(36,37)34-13-17-8-21(17)22(34)23(35)31-10-16-7-14(1-2-15(16)9-30)18-11-32-24(33-12-18)25(27,28)29/h1-7,11-12,17,21-22H,8,10,13H2,(H,31,35)/t17-,21-,22-/m0/s1. The van der Waals surface area contributed by atoms with E-state index in [2.05, 4.69) is 15.3 Å². The minimum Gasteiger partial charge on any atom is -0.351 e. The fourth-order valence-corrected chi connectivity index (χ4v) is 6.37. The predicted octanol–water partition coefficient (Wildman–Crippen LogP) is 3.50. The number of alkyl halides is 3. The molecule has 2 aromatic carbocycles. The number of nitrogens with one attached hydrogen (secondary N) is 1. The van der Waals surface area contributed by atoms with Gasteiger partial charge in [-0.1, -0.05) is 6.07 Å². The maximum atomic E-state index is 13.3. The van der Waals surface area contributed by atoms with Gasteiger partial charge in [0.15, 0.2) is 0 Å². The SMILES string of the molecule is N#Cc1ccc(-c2cnc(C(F)(F)F)nc2)cc1CNC(=O)[C@@H]1[C@H]2C[C@H]2CN1S(=O)(=O)c1ccc(F)cc1. The molecule has 3 atom stereocenters. The molecule has 3 aromatic rings. The normalized spacial score (nSPS) is 21.0. The van der Waals surface area contributed by atoms with Gasteiger partial charge in [0.05, 0.1) is 16.5 Å². The summed E-state index contributed by atoms with van der Waals surface area (Å²) in [6.45, 7) is 0.0602. The number of aromatic nitrogens is 2. The maximum absolute atomic E-state index is 13.3. The van der Waals surface area contributed by atoms with Gasteiger partial charge in [-0.25, -0.2) is 22.8 Å². The summed E-state index contributed by atoms with van der Waals surface area (Å²) in [5, 5.41) is 12.2. The molecule has 1 aromatic heterocycles. The fourth-order valence-electron chi connectivity index (χ4n) is 4.68. The van der Waals surface area contributed by atoms with E-state index in [9.17, 15) is 36.0 Å². The zero-order valence-electron chi connectivity index (χ0n) is 19.5. The molecule has 2 fully saturated rings. The lowest BCUT2D eigenvalue weighted by Gasteiger charge is -2.26. The van der Waals surface area contributed by atoms with Gasteiger partial charge in [-0.15, -0.1) is 0 Å². The van der Waals surface area contributed by atoms with E-state index in [4.69, 9.17) is 0 Å². The van der Waals surface area contributed by atoms with Crippen molar-refractivity contribution in [3.63, 3.8) is 0 Å². The van der Waals surface area contributed by atoms with Crippen molar-refractivity contribution >= 4 is 15.9 Å². The summed E-state index contributed by atoms with van der Waals surface area (Å²) < 4.78 is 79.1. The van der Waals surface area contributed by atoms with Crippen LogP contribution in [-0.4, -0.2) is 41.2 Å². The molecule has 1 saturated heterocycles. The van der Waals surface area contributed by atoms with Gasteiger partial charge in [-0.05, 0) is 65.8 Å². The lowest BCUT2D eigenvalue weighted by Crippen LogP contribution is -2.48. The van der Waals surface area contributed by atoms with Crippen LogP contribution in [0.1, 0.15) is 23.4 Å². The van der Waals surface area contributed by atoms with Crippen LogP contribution in [0.4, 0.5) is 17.6 Å². The first kappa shape index (κ1) is 25.7. The lowest BCUT2D eigenvalue weighted by molar-refractivity contribution is -0.145. The number of halogens is 4. The first-order valence-electron chi connectivity index (χ1n) is 11.5. The highest BCUT2D eigenvalue weighted by Crippen LogP contribution is 2.51. The Bertz CT molecular complexity index is 1540. The van der Waals surface area contributed by atoms with Crippen molar-refractivity contribution < 1.29 is 30.8 Å². The molecule has 0 unspecified atom stereocenters. The number of piperidine rings is 1. The van der Waals surface area contributed by atoms with E-state index < -0.39 is 39.8 Å². The molecule has 38 heavy (non-hydrogen) atoms. The lowest BCUT2D eigenvalue weighted by atomic mass is 10.0. The van der Waals surface area contributed by atoms with Crippen LogP contribution in [-0.2, 0) is 27.5 Å². The summed E-state index contributed by atoms with van der Waals surface area (Å²) >= 11 is 0. The van der Waals surface area contributed by atoms with Crippen molar-refractivity contribution in [2.75, 3.05) is 6.54 Å². The molecule has 5 rings (SSSR count). The van der Waals surface area contributed by atoms with Gasteiger partial charge in [-0.2, -0.15) is 22.7 Å². The van der Waals surface area contributed by atoms with Gasteiger partial charge in [0.25, 0.3) is 0 Å². The summed E-state index contributed by atoms with van der Waals surface area (Å²) in [5.41, 5.74) is 1.33. The monoisotopic (exact) mass is 545 g/mol. The summed E-state index contributed by atoms with van der Waals surface area (Å²) in [5.74, 6) is -2.49. The van der Waals surface area contributed by atoms with Crippen LogP contribution in [0, 0.1) is 29.0 Å². The molecule has 0 bridgehead atoms. The molecule has 1 amide bonds. The average molecular weight is 546 g/mol. The van der Waals surface area contributed by atoms with Crippen LogP contribution in [0.3, 0.4) is 0 Å². The number of hydrogen-bond donors (Lipinski definition) is 1. The smallest absolute Gasteiger partial charge is 0.351 e. The van der Waals surface area contributed by atoms with Gasteiger partial charge in [0, 0.05) is 31.0 Å². The van der Waals surface area contributed by atoms with Crippen LogP contribution in [0.5, 0.6) is 0 Å². The van der Waals surface area contributed by atoms with Crippen LogP contribution < -0.4 is 5.32 Å². The summed E-state index contributed by atoms with van der Waals surface area (Å²) in [6, 6.07) is 9.96. The number of carbonyl (C=O) groups excluding carboxylic acids is 1. The maximum Gasteiger partial charge on any atom is 0.451 e. The second-order valence-electron chi connectivity index (χ2n) is 9.13. The molecular formula is C25H19F4N5O3S. The minimum absolute atomic E-state index is 0.0543. The first-order chi connectivity index (χ1) is 18.0. The Morgan fingerprint density at radius 2 is 1.79 bits per heavy atom. The second-order valence-corrected chi connectivity index (χ2v) is 11.0. The molecule has 1 N–H and O–H groups in total. The summed E-state index contributed by atoms with van der Waals surface area (Å²) in [6.07, 6.45) is -1.94. The van der Waals surface area contributed by atoms with Gasteiger partial charge in [0.1, 0.15) is 11.9 Å². The number of nitrogens with zero attached hydrogens (tertiary/aromatic N) is 4. The number of hydrogen-bond acceptors (Lipinski definition) is 6. The number of rotatable bonds is 6. The topological polar surface area (TPSA) is 116 Å². The second kappa shape index (κ2) is 9.45. The Morgan fingerprint density at radius 1 is 1.11 bits per heavy atom. The van der Waals surface area contributed by atoms with Crippen LogP contribution in [0.2, 0.25) is 0 Å². The number of benzene rings is 2. The minimum atomic E-state index is -4.68. The zero-order valence-corrected chi connectivity index (χ0v) is 20.3. The highest BCUT2D eigenvalue weighted by molar-refractivity contribution is 7.89. The third-order valence-electron chi connectivity index (χ3n) is 6.71. The van der Waals surface area contributed by atoms with Crippen molar-refractivity contribution in [2.24, 2.45) is 11.8 Å². The Labute approximate surface area is 215 Å². The third kappa shape index (κ3) is 4.84. The Hall–Kier alpha value is -3.89. The molecular weight excluding hydrogens is 526 g/mol. The quantitative estimate of drug-likeness (QED) is 0.474. The van der Waals surface area contributed by atoms with E-state index in [0.29, 0.717) is 17.5 Å². The number of carbonyl (C=O) groups is 1. The summed E-state index contributed by atoms with van der Waals surface area (Å²) in [7, 11) is -4.05. The first-order valence-corrected chi connectivity index (χ1v) is 12.9. The van der Waals surface area contributed by atoms with Gasteiger partial charge in [0.2, 0.25) is 21.8 Å². The van der Waals surface area contributed by atoms with Crippen molar-refractivity contribution in [2.45, 2.75) is 30.1 Å². The van der Waals surface area contributed by atoms with Crippen molar-refractivity contribution in [1.29, 1.82) is 5.26 Å².